The van der Waals surface area contributed by atoms with Gasteiger partial charge in [-0.25, -0.2) is 0 Å². The minimum absolute atomic E-state index is 0.273. The second kappa shape index (κ2) is 9.32. The van der Waals surface area contributed by atoms with E-state index in [0.29, 0.717) is 12.6 Å². The van der Waals surface area contributed by atoms with Crippen LogP contribution in [0.1, 0.15) is 46.5 Å². The first-order valence-corrected chi connectivity index (χ1v) is 7.91. The van der Waals surface area contributed by atoms with E-state index in [1.165, 1.54) is 6.42 Å². The summed E-state index contributed by atoms with van der Waals surface area (Å²) in [7, 11) is 0. The lowest BCUT2D eigenvalue weighted by Crippen LogP contribution is -2.46. The molecule has 19 heavy (non-hydrogen) atoms. The molecule has 112 valence electrons. The van der Waals surface area contributed by atoms with Crippen LogP contribution in [0.3, 0.4) is 0 Å². The molecule has 0 aliphatic carbocycles. The molecular weight excluding hydrogens is 238 g/mol. The van der Waals surface area contributed by atoms with Crippen LogP contribution in [-0.4, -0.2) is 61.0 Å². The SMILES string of the molecule is CCN(CC)CCCNCC(=O)N1CCCC[C@H]1C. The molecule has 0 aromatic rings. The summed E-state index contributed by atoms with van der Waals surface area (Å²) in [6.07, 6.45) is 4.71. The van der Waals surface area contributed by atoms with E-state index in [4.69, 9.17) is 0 Å². The second-order valence-electron chi connectivity index (χ2n) is 5.49. The number of nitrogens with zero attached hydrogens (tertiary/aromatic N) is 2. The number of carbonyl (C=O) groups is 1. The van der Waals surface area contributed by atoms with Crippen LogP contribution in [0.5, 0.6) is 0 Å². The predicted octanol–water partition coefficient (Wildman–Crippen LogP) is 1.71. The molecule has 0 spiro atoms. The number of amides is 1. The number of likely N-dealkylation sites (tertiary alicyclic amines) is 1. The minimum Gasteiger partial charge on any atom is -0.339 e. The van der Waals surface area contributed by atoms with Gasteiger partial charge >= 0.3 is 0 Å². The Morgan fingerprint density at radius 1 is 1.32 bits per heavy atom. The highest BCUT2D eigenvalue weighted by molar-refractivity contribution is 5.78. The van der Waals surface area contributed by atoms with Crippen molar-refractivity contribution < 1.29 is 4.79 Å². The minimum atomic E-state index is 0.273. The van der Waals surface area contributed by atoms with E-state index < -0.39 is 0 Å². The first kappa shape index (κ1) is 16.4. The zero-order valence-electron chi connectivity index (χ0n) is 13.0. The molecule has 0 bridgehead atoms. The molecule has 1 aliphatic heterocycles. The molecule has 1 amide bonds. The summed E-state index contributed by atoms with van der Waals surface area (Å²) in [5.74, 6) is 0.273. The number of rotatable bonds is 8. The molecule has 0 radical (unpaired) electrons. The number of hydrogen-bond donors (Lipinski definition) is 1. The van der Waals surface area contributed by atoms with E-state index in [2.05, 4.69) is 31.0 Å². The second-order valence-corrected chi connectivity index (χ2v) is 5.49. The fraction of sp³-hybridized carbons (Fsp3) is 0.933. The van der Waals surface area contributed by atoms with Gasteiger partial charge < -0.3 is 15.1 Å². The van der Waals surface area contributed by atoms with E-state index in [1.807, 2.05) is 4.90 Å². The van der Waals surface area contributed by atoms with E-state index in [1.54, 1.807) is 0 Å². The molecular formula is C15H31N3O. The molecule has 1 aliphatic rings. The Balaban J connectivity index is 2.10. The standard InChI is InChI=1S/C15H31N3O/c1-4-17(5-2)11-8-10-16-13-15(19)18-12-7-6-9-14(18)3/h14,16H,4-13H2,1-3H3/t14-/m1/s1. The van der Waals surface area contributed by atoms with Crippen LogP contribution in [0.25, 0.3) is 0 Å². The fourth-order valence-electron chi connectivity index (χ4n) is 2.73. The summed E-state index contributed by atoms with van der Waals surface area (Å²) >= 11 is 0. The molecule has 1 saturated heterocycles. The predicted molar refractivity (Wildman–Crippen MR) is 80.3 cm³/mol. The first-order valence-electron chi connectivity index (χ1n) is 7.91. The number of carbonyl (C=O) groups excluding carboxylic acids is 1. The van der Waals surface area contributed by atoms with Gasteiger partial charge in [0.25, 0.3) is 0 Å². The van der Waals surface area contributed by atoms with Crippen LogP contribution in [0, 0.1) is 0 Å². The van der Waals surface area contributed by atoms with Crippen LogP contribution >= 0.6 is 0 Å². The van der Waals surface area contributed by atoms with Crippen LogP contribution in [0.4, 0.5) is 0 Å². The average Bonchev–Trinajstić information content (AvgIpc) is 2.43. The Labute approximate surface area is 118 Å². The van der Waals surface area contributed by atoms with Crippen molar-refractivity contribution in [1.82, 2.24) is 15.1 Å². The summed E-state index contributed by atoms with van der Waals surface area (Å²) in [5, 5.41) is 3.29. The normalized spacial score (nSPS) is 20.0. The van der Waals surface area contributed by atoms with Crippen molar-refractivity contribution in [2.75, 3.05) is 39.3 Å². The molecule has 1 fully saturated rings. The van der Waals surface area contributed by atoms with Gasteiger partial charge in [-0.1, -0.05) is 13.8 Å². The lowest BCUT2D eigenvalue weighted by atomic mass is 10.0. The lowest BCUT2D eigenvalue weighted by molar-refractivity contribution is -0.133. The molecule has 0 unspecified atom stereocenters. The summed E-state index contributed by atoms with van der Waals surface area (Å²) < 4.78 is 0. The third-order valence-electron chi connectivity index (χ3n) is 4.12. The molecule has 1 N–H and O–H groups in total. The number of nitrogens with one attached hydrogen (secondary N) is 1. The molecule has 0 saturated carbocycles. The van der Waals surface area contributed by atoms with Gasteiger partial charge in [0.1, 0.15) is 0 Å². The van der Waals surface area contributed by atoms with Crippen molar-refractivity contribution in [2.45, 2.75) is 52.5 Å². The summed E-state index contributed by atoms with van der Waals surface area (Å²) in [6, 6.07) is 0.429. The van der Waals surface area contributed by atoms with Crippen LogP contribution in [0.15, 0.2) is 0 Å². The monoisotopic (exact) mass is 269 g/mol. The van der Waals surface area contributed by atoms with Crippen molar-refractivity contribution in [2.24, 2.45) is 0 Å². The summed E-state index contributed by atoms with van der Waals surface area (Å²) in [5.41, 5.74) is 0. The molecule has 4 nitrogen and oxygen atoms in total. The Kier molecular flexibility index (Phi) is 8.07. The Morgan fingerprint density at radius 3 is 2.68 bits per heavy atom. The van der Waals surface area contributed by atoms with Crippen molar-refractivity contribution in [3.05, 3.63) is 0 Å². The van der Waals surface area contributed by atoms with Gasteiger partial charge in [-0.15, -0.1) is 0 Å². The van der Waals surface area contributed by atoms with Crippen molar-refractivity contribution in [3.8, 4) is 0 Å². The molecule has 1 heterocycles. The maximum Gasteiger partial charge on any atom is 0.236 e. The third-order valence-corrected chi connectivity index (χ3v) is 4.12. The van der Waals surface area contributed by atoms with E-state index in [0.717, 1.165) is 52.0 Å². The van der Waals surface area contributed by atoms with Crippen molar-refractivity contribution >= 4 is 5.91 Å². The average molecular weight is 269 g/mol. The maximum atomic E-state index is 12.1. The highest BCUT2D eigenvalue weighted by Gasteiger charge is 2.22. The molecule has 0 aromatic heterocycles. The maximum absolute atomic E-state index is 12.1. The fourth-order valence-corrected chi connectivity index (χ4v) is 2.73. The zero-order valence-corrected chi connectivity index (χ0v) is 13.0. The van der Waals surface area contributed by atoms with Gasteiger partial charge in [0.2, 0.25) is 5.91 Å². The summed E-state index contributed by atoms with van der Waals surface area (Å²) in [4.78, 5) is 16.5. The highest BCUT2D eigenvalue weighted by atomic mass is 16.2. The molecule has 0 aromatic carbocycles. The number of piperidine rings is 1. The van der Waals surface area contributed by atoms with E-state index >= 15 is 0 Å². The van der Waals surface area contributed by atoms with Gasteiger partial charge in [-0.05, 0) is 58.8 Å². The Morgan fingerprint density at radius 2 is 2.05 bits per heavy atom. The van der Waals surface area contributed by atoms with Crippen LogP contribution < -0.4 is 5.32 Å². The van der Waals surface area contributed by atoms with Gasteiger partial charge in [-0.2, -0.15) is 0 Å². The van der Waals surface area contributed by atoms with E-state index in [-0.39, 0.29) is 5.91 Å². The van der Waals surface area contributed by atoms with Crippen molar-refractivity contribution in [1.29, 1.82) is 0 Å². The quantitative estimate of drug-likeness (QED) is 0.681. The van der Waals surface area contributed by atoms with Gasteiger partial charge in [-0.3, -0.25) is 4.79 Å². The Hall–Kier alpha value is -0.610. The topological polar surface area (TPSA) is 35.6 Å². The number of hydrogen-bond acceptors (Lipinski definition) is 3. The van der Waals surface area contributed by atoms with Gasteiger partial charge in [0.05, 0.1) is 6.54 Å². The van der Waals surface area contributed by atoms with Gasteiger partial charge in [0.15, 0.2) is 0 Å². The van der Waals surface area contributed by atoms with Crippen LogP contribution in [-0.2, 0) is 4.79 Å². The van der Waals surface area contributed by atoms with Crippen LogP contribution in [0.2, 0.25) is 0 Å². The zero-order chi connectivity index (χ0) is 14.1. The molecule has 1 rings (SSSR count). The Bertz CT molecular complexity index is 254. The lowest BCUT2D eigenvalue weighted by Gasteiger charge is -2.33. The van der Waals surface area contributed by atoms with E-state index in [9.17, 15) is 4.79 Å². The first-order chi connectivity index (χ1) is 9.19. The molecule has 4 heteroatoms. The summed E-state index contributed by atoms with van der Waals surface area (Å²) in [6.45, 7) is 12.3. The third kappa shape index (κ3) is 5.91. The smallest absolute Gasteiger partial charge is 0.236 e. The largest absolute Gasteiger partial charge is 0.339 e. The highest BCUT2D eigenvalue weighted by Crippen LogP contribution is 2.15. The molecule has 1 atom stereocenters. The van der Waals surface area contributed by atoms with Crippen molar-refractivity contribution in [3.63, 3.8) is 0 Å². The van der Waals surface area contributed by atoms with Gasteiger partial charge in [0, 0.05) is 12.6 Å².